The molecule has 2 amide bonds. The number of methoxy groups -OCH3 is 1. The summed E-state index contributed by atoms with van der Waals surface area (Å²) in [7, 11) is 1.46. The first kappa shape index (κ1) is 26.9. The van der Waals surface area contributed by atoms with Crippen molar-refractivity contribution >= 4 is 35.6 Å². The summed E-state index contributed by atoms with van der Waals surface area (Å²) in [6.07, 6.45) is 7.46. The maximum Gasteiger partial charge on any atom is 0.329 e. The zero-order valence-electron chi connectivity index (χ0n) is 22.6. The lowest BCUT2D eigenvalue weighted by molar-refractivity contribution is -0.165. The predicted octanol–water partition coefficient (Wildman–Crippen LogP) is 4.06. The molecule has 5 atom stereocenters. The van der Waals surface area contributed by atoms with Gasteiger partial charge < -0.3 is 24.4 Å². The normalized spacial score (nSPS) is 31.8. The summed E-state index contributed by atoms with van der Waals surface area (Å²) < 4.78 is 11.3. The number of carbonyl (C=O) groups is 3. The summed E-state index contributed by atoms with van der Waals surface area (Å²) in [5, 5.41) is 9.79. The fraction of sp³-hybridized carbons (Fsp3) is 0.621. The number of hydrogen-bond acceptors (Lipinski definition) is 7. The van der Waals surface area contributed by atoms with Crippen LogP contribution in [-0.4, -0.2) is 76.2 Å². The van der Waals surface area contributed by atoms with Crippen molar-refractivity contribution in [2.24, 2.45) is 16.7 Å². The van der Waals surface area contributed by atoms with Crippen LogP contribution in [0.3, 0.4) is 0 Å². The lowest BCUT2D eigenvalue weighted by atomic mass is 9.70. The van der Waals surface area contributed by atoms with E-state index < -0.39 is 12.1 Å². The van der Waals surface area contributed by atoms with Crippen molar-refractivity contribution in [1.29, 1.82) is 0 Å². The molecule has 2 saturated heterocycles. The Kier molecular flexibility index (Phi) is 7.18. The van der Waals surface area contributed by atoms with Gasteiger partial charge in [0, 0.05) is 23.8 Å². The first-order chi connectivity index (χ1) is 18.1. The van der Waals surface area contributed by atoms with Crippen LogP contribution in [0.4, 0.5) is 0 Å². The van der Waals surface area contributed by atoms with Crippen molar-refractivity contribution < 1.29 is 29.0 Å². The van der Waals surface area contributed by atoms with Gasteiger partial charge in [0.15, 0.2) is 11.5 Å². The molecule has 1 aromatic carbocycles. The number of phenolic OH excluding ortho intramolecular Hbond substituents is 1. The highest BCUT2D eigenvalue weighted by Gasteiger charge is 2.63. The van der Waals surface area contributed by atoms with Gasteiger partial charge in [-0.25, -0.2) is 4.79 Å². The lowest BCUT2D eigenvalue weighted by Crippen LogP contribution is -2.52. The smallest absolute Gasteiger partial charge is 0.329 e. The average molecular weight is 543 g/mol. The topological polar surface area (TPSA) is 96.4 Å². The number of nitrogens with zero attached hydrogens (tertiary/aromatic N) is 2. The van der Waals surface area contributed by atoms with Gasteiger partial charge in [-0.3, -0.25) is 9.59 Å². The molecule has 2 saturated carbocycles. The summed E-state index contributed by atoms with van der Waals surface area (Å²) in [5.41, 5.74) is 0.812. The highest BCUT2D eigenvalue weighted by molar-refractivity contribution is 7.99. The number of ether oxygens (including phenoxy) is 2. The molecule has 9 heteroatoms. The molecule has 4 fully saturated rings. The van der Waals surface area contributed by atoms with Crippen LogP contribution in [0.2, 0.25) is 0 Å². The van der Waals surface area contributed by atoms with Gasteiger partial charge in [-0.2, -0.15) is 0 Å². The average Bonchev–Trinajstić information content (AvgIpc) is 3.65. The van der Waals surface area contributed by atoms with Crippen LogP contribution < -0.4 is 4.74 Å². The lowest BCUT2D eigenvalue weighted by Gasteiger charge is -2.39. The van der Waals surface area contributed by atoms with Gasteiger partial charge in [0.2, 0.25) is 11.8 Å². The standard InChI is InChI=1S/C29H38N2O6S/c1-28(2)19-11-12-29(28,3)24(15-19)37-27(35)20-6-5-13-30(20)26(34)21-16-38-17-31(21)25(33)10-8-18-7-9-22(32)23(14-18)36-4/h7-10,14,19-21,24,32H,5-6,11-13,15-17H2,1-4H3/b10-8+. The van der Waals surface area contributed by atoms with Crippen LogP contribution in [0.25, 0.3) is 6.08 Å². The molecule has 38 heavy (non-hydrogen) atoms. The third kappa shape index (κ3) is 4.46. The molecule has 206 valence electrons. The van der Waals surface area contributed by atoms with E-state index in [1.165, 1.54) is 37.4 Å². The van der Waals surface area contributed by atoms with Crippen molar-refractivity contribution in [2.45, 2.75) is 71.1 Å². The van der Waals surface area contributed by atoms with Crippen LogP contribution in [0.5, 0.6) is 11.5 Å². The van der Waals surface area contributed by atoms with E-state index >= 15 is 0 Å². The number of thioether (sulfide) groups is 1. The summed E-state index contributed by atoms with van der Waals surface area (Å²) in [5.74, 6) is 1.08. The predicted molar refractivity (Wildman–Crippen MR) is 145 cm³/mol. The first-order valence-electron chi connectivity index (χ1n) is 13.5. The van der Waals surface area contributed by atoms with Crippen molar-refractivity contribution in [1.82, 2.24) is 9.80 Å². The number of likely N-dealkylation sites (tertiary alicyclic amines) is 1. The Bertz CT molecular complexity index is 1150. The van der Waals surface area contributed by atoms with E-state index in [2.05, 4.69) is 20.8 Å². The van der Waals surface area contributed by atoms with Gasteiger partial charge in [-0.1, -0.05) is 26.8 Å². The van der Waals surface area contributed by atoms with E-state index in [0.29, 0.717) is 41.8 Å². The van der Waals surface area contributed by atoms with Crippen LogP contribution in [-0.2, 0) is 19.1 Å². The zero-order chi connectivity index (χ0) is 27.2. The van der Waals surface area contributed by atoms with Crippen molar-refractivity contribution in [3.63, 3.8) is 0 Å². The number of esters is 1. The Morgan fingerprint density at radius 3 is 2.61 bits per heavy atom. The van der Waals surface area contributed by atoms with Crippen LogP contribution in [0, 0.1) is 16.7 Å². The second kappa shape index (κ2) is 10.1. The fourth-order valence-electron chi connectivity index (χ4n) is 6.92. The molecule has 8 nitrogen and oxygen atoms in total. The molecular weight excluding hydrogens is 504 g/mol. The molecule has 0 radical (unpaired) electrons. The maximum absolute atomic E-state index is 13.6. The van der Waals surface area contributed by atoms with Gasteiger partial charge in [-0.05, 0) is 67.2 Å². The van der Waals surface area contributed by atoms with E-state index in [4.69, 9.17) is 9.47 Å². The first-order valence-corrected chi connectivity index (χ1v) is 14.7. The minimum Gasteiger partial charge on any atom is -0.504 e. The van der Waals surface area contributed by atoms with Gasteiger partial charge in [0.05, 0.1) is 13.0 Å². The highest BCUT2D eigenvalue weighted by atomic mass is 32.2. The number of phenols is 1. The quantitative estimate of drug-likeness (QED) is 0.428. The molecule has 0 aromatic heterocycles. The molecule has 0 spiro atoms. The van der Waals surface area contributed by atoms with Crippen molar-refractivity contribution in [3.8, 4) is 11.5 Å². The van der Waals surface area contributed by atoms with Crippen LogP contribution >= 0.6 is 11.8 Å². The maximum atomic E-state index is 13.6. The molecule has 4 aliphatic rings. The molecule has 2 bridgehead atoms. The highest BCUT2D eigenvalue weighted by Crippen LogP contribution is 2.66. The SMILES string of the molecule is COc1cc(/C=C/C(=O)N2CSCC2C(=O)N2CCCC2C(=O)OC2CC3CCC2(C)C3(C)C)ccc1O. The number of fused-ring (bicyclic) bond motifs is 2. The molecule has 5 unspecified atom stereocenters. The molecule has 2 aliphatic heterocycles. The Balaban J connectivity index is 1.24. The number of carbonyl (C=O) groups excluding carboxylic acids is 3. The third-order valence-corrected chi connectivity index (χ3v) is 10.9. The van der Waals surface area contributed by atoms with E-state index in [0.717, 1.165) is 19.3 Å². The van der Waals surface area contributed by atoms with Crippen molar-refractivity contribution in [2.75, 3.05) is 25.3 Å². The number of rotatable bonds is 6. The summed E-state index contributed by atoms with van der Waals surface area (Å²) in [4.78, 5) is 43.3. The van der Waals surface area contributed by atoms with E-state index in [9.17, 15) is 19.5 Å². The second-order valence-electron chi connectivity index (χ2n) is 11.8. The summed E-state index contributed by atoms with van der Waals surface area (Å²) >= 11 is 1.53. The Morgan fingerprint density at radius 2 is 1.92 bits per heavy atom. The van der Waals surface area contributed by atoms with E-state index in [1.54, 1.807) is 28.0 Å². The minimum absolute atomic E-state index is 0.0227. The molecule has 2 heterocycles. The molecular formula is C29H38N2O6S. The third-order valence-electron chi connectivity index (χ3n) is 9.85. The van der Waals surface area contributed by atoms with Gasteiger partial charge in [0.1, 0.15) is 18.2 Å². The summed E-state index contributed by atoms with van der Waals surface area (Å²) in [6.45, 7) is 7.33. The van der Waals surface area contributed by atoms with Crippen LogP contribution in [0.1, 0.15) is 58.4 Å². The second-order valence-corrected chi connectivity index (χ2v) is 12.8. The van der Waals surface area contributed by atoms with Gasteiger partial charge in [-0.15, -0.1) is 11.8 Å². The minimum atomic E-state index is -0.612. The number of hydrogen-bond donors (Lipinski definition) is 1. The summed E-state index contributed by atoms with van der Waals surface area (Å²) in [6, 6.07) is 3.63. The Morgan fingerprint density at radius 1 is 1.13 bits per heavy atom. The zero-order valence-corrected chi connectivity index (χ0v) is 23.5. The van der Waals surface area contributed by atoms with E-state index in [1.807, 2.05) is 0 Å². The Hall–Kier alpha value is -2.68. The number of amides is 2. The monoisotopic (exact) mass is 542 g/mol. The van der Waals surface area contributed by atoms with Crippen LogP contribution in [0.15, 0.2) is 24.3 Å². The van der Waals surface area contributed by atoms with Crippen molar-refractivity contribution in [3.05, 3.63) is 29.8 Å². The van der Waals surface area contributed by atoms with Gasteiger partial charge >= 0.3 is 5.97 Å². The molecule has 1 aromatic rings. The fourth-order valence-corrected chi connectivity index (χ4v) is 8.07. The Labute approximate surface area is 228 Å². The largest absolute Gasteiger partial charge is 0.504 e. The number of aromatic hydroxyl groups is 1. The number of benzene rings is 1. The molecule has 1 N–H and O–H groups in total. The molecule has 2 aliphatic carbocycles. The van der Waals surface area contributed by atoms with Gasteiger partial charge in [0.25, 0.3) is 0 Å². The molecule has 5 rings (SSSR count). The van der Waals surface area contributed by atoms with E-state index in [-0.39, 0.29) is 40.5 Å².